The molecule has 2 aromatic carbocycles. The van der Waals surface area contributed by atoms with E-state index in [-0.39, 0.29) is 114 Å². The van der Waals surface area contributed by atoms with E-state index < -0.39 is 0 Å². The Morgan fingerprint density at radius 1 is 0.686 bits per heavy atom. The van der Waals surface area contributed by atoms with Gasteiger partial charge in [0.15, 0.2) is 0 Å². The van der Waals surface area contributed by atoms with Gasteiger partial charge in [-0.15, -0.1) is 24.0 Å². The quantitative estimate of drug-likeness (QED) is 0.119. The van der Waals surface area contributed by atoms with Crippen molar-refractivity contribution in [1.82, 2.24) is 9.97 Å². The number of hydrogen-bond donors (Lipinski definition) is 3. The minimum Gasteiger partial charge on any atom is -0.670 e. The molecule has 0 saturated heterocycles. The van der Waals surface area contributed by atoms with Gasteiger partial charge in [0.05, 0.1) is 0 Å². The second-order valence-corrected chi connectivity index (χ2v) is 55.5. The van der Waals surface area contributed by atoms with Crippen molar-refractivity contribution in [3.63, 3.8) is 0 Å². The number of benzene rings is 2. The number of H-pyrrole nitrogens is 2. The van der Waals surface area contributed by atoms with Crippen molar-refractivity contribution in [3.05, 3.63) is 98.1 Å². The van der Waals surface area contributed by atoms with Crippen LogP contribution in [0.4, 0.5) is 0 Å². The normalized spacial score (nSPS) is 13.3. The molecule has 2 aliphatic rings. The zero-order valence-electron chi connectivity index (χ0n) is 32.9. The average Bonchev–Trinajstić information content (AvgIpc) is 3.71. The fourth-order valence-electron chi connectivity index (χ4n) is 4.86. The van der Waals surface area contributed by atoms with E-state index in [1.807, 2.05) is 61.5 Å². The van der Waals surface area contributed by atoms with Crippen LogP contribution in [0.3, 0.4) is 0 Å². The Morgan fingerprint density at radius 2 is 0.980 bits per heavy atom. The van der Waals surface area contributed by atoms with Crippen LogP contribution in [0.2, 0.25) is 0 Å². The molecule has 0 aliphatic heterocycles. The number of hydrogen-bond acceptors (Lipinski definition) is 1. The summed E-state index contributed by atoms with van der Waals surface area (Å²) in [6.45, 7) is 26.0. The molecule has 0 fully saturated rings. The Bertz CT molecular complexity index is 1140. The summed E-state index contributed by atoms with van der Waals surface area (Å²) in [5.74, 6) is 0. The third-order valence-electron chi connectivity index (χ3n) is 6.27. The number of aromatic amines is 2. The van der Waals surface area contributed by atoms with E-state index in [1.54, 1.807) is 13.8 Å². The molecule has 0 saturated carbocycles. The molecule has 2 aromatic heterocycles. The van der Waals surface area contributed by atoms with E-state index in [0.717, 1.165) is 31.4 Å². The Hall–Kier alpha value is 5.20. The Morgan fingerprint density at radius 3 is 1.35 bits per heavy atom. The van der Waals surface area contributed by atoms with Crippen molar-refractivity contribution < 1.29 is 79.8 Å². The van der Waals surface area contributed by atoms with Gasteiger partial charge in [-0.05, 0) is 48.9 Å². The number of aromatic nitrogens is 2. The van der Waals surface area contributed by atoms with Crippen LogP contribution in [0.25, 0.3) is 27.5 Å². The predicted molar refractivity (Wildman–Crippen MR) is 276 cm³/mol. The number of halogens is 6. The van der Waals surface area contributed by atoms with Gasteiger partial charge in [0.25, 0.3) is 0 Å². The second kappa shape index (κ2) is 53.2. The van der Waals surface area contributed by atoms with Crippen LogP contribution in [0.15, 0.2) is 48.5 Å². The molecule has 4 aromatic rings. The van der Waals surface area contributed by atoms with Crippen LogP contribution >= 0.6 is 124 Å². The van der Waals surface area contributed by atoms with Crippen LogP contribution in [0, 0.1) is 21.3 Å². The third kappa shape index (κ3) is 30.8. The summed E-state index contributed by atoms with van der Waals surface area (Å²) in [7, 11) is 0.628. The maximum atomic E-state index is 7.96. The second-order valence-electron chi connectivity index (χ2n) is 8.32. The fourth-order valence-corrected chi connectivity index (χ4v) is 4.86. The van der Waals surface area contributed by atoms with E-state index in [0.29, 0.717) is 9.47 Å². The molecule has 14 heteroatoms. The zero-order chi connectivity index (χ0) is 37.4. The minimum atomic E-state index is -0.278. The first-order valence-electron chi connectivity index (χ1n) is 16.6. The van der Waals surface area contributed by atoms with Gasteiger partial charge in [0.2, 0.25) is 0 Å². The van der Waals surface area contributed by atoms with Gasteiger partial charge in [-0.25, -0.2) is 0 Å². The van der Waals surface area contributed by atoms with Crippen molar-refractivity contribution in [2.45, 2.75) is 120 Å². The molecular weight excluding hydrogens is 1540 g/mol. The van der Waals surface area contributed by atoms with Gasteiger partial charge in [0, 0.05) is 105 Å². The summed E-state index contributed by atoms with van der Waals surface area (Å²) in [5, 5.41) is 2.68. The Labute approximate surface area is 450 Å². The molecule has 2 radical (unpaired) electrons. The maximum absolute atomic E-state index is 7.96. The molecule has 0 spiro atoms. The van der Waals surface area contributed by atoms with Crippen molar-refractivity contribution in [2.75, 3.05) is 0 Å². The van der Waals surface area contributed by atoms with Crippen LogP contribution in [-0.2, 0) is 92.6 Å². The number of nitrogens with one attached hydrogen (secondary N) is 3. The molecule has 0 bridgehead atoms. The molecule has 5 N–H and O–H groups in total. The summed E-state index contributed by atoms with van der Waals surface area (Å²) in [4.78, 5) is 6.54. The molecule has 2 atom stereocenters. The Kier molecular flexibility index (Phi) is 76.9. The number of aryl methyl sites for hydroxylation is 2. The van der Waals surface area contributed by atoms with Crippen molar-refractivity contribution in [3.8, 4) is 0 Å². The van der Waals surface area contributed by atoms with E-state index >= 15 is 0 Å². The molecular formula is C37H65I6N4V2Y2-4. The van der Waals surface area contributed by atoms with Gasteiger partial charge in [-0.2, -0.15) is 13.8 Å². The van der Waals surface area contributed by atoms with E-state index in [2.05, 4.69) is 166 Å². The first-order valence-corrected chi connectivity index (χ1v) is 39.2. The van der Waals surface area contributed by atoms with Crippen LogP contribution in [0.1, 0.15) is 130 Å². The molecule has 51 heavy (non-hydrogen) atoms. The summed E-state index contributed by atoms with van der Waals surface area (Å²) >= 11 is 12.1. The molecule has 4 nitrogen and oxygen atoms in total. The standard InChI is InChI=1S/C12H14N2.C12H13N2.4C2H6.2C2H5.CH3.6HI.2V.2Y/c2*13-10-6-3-5-9-8-4-1-2-7-11(8)14-12(9)10;6*1-2;;;;;;;;;;;/h1-2,4,7,10,14H,3,5-6,13H2;1-2,4,7,10,13-14H,3,5-6H2;4*1-2H3;2*1H2,2H3;1H3;6*1H;;;;/q;-1;;;;;3*-1;;;;;;;+2;+3;;/p-5. The summed E-state index contributed by atoms with van der Waals surface area (Å²) in [6.07, 6.45) is 6.79. The SMILES string of the molecule is CC.CC.CC.CC.I.NC1CCCc2c1[nH]c1ccccc21.[CH2-]C.[CH2-]C.[CH3-].[I][V]([I])[I].[I][V][I].[NH-]C1CCCc2c1[nH]c1ccccc21.[Y].[Y]. The smallest absolute Gasteiger partial charge is 0.0458 e. The first kappa shape index (κ1) is 73.7. The van der Waals surface area contributed by atoms with Crippen LogP contribution in [-0.4, -0.2) is 9.97 Å². The molecule has 2 unspecified atom stereocenters. The summed E-state index contributed by atoms with van der Waals surface area (Å²) in [6, 6.07) is 17.0. The maximum Gasteiger partial charge on any atom is 0.0458 e. The zero-order valence-corrected chi connectivity index (χ0v) is 54.4. The fraction of sp³-hybridized carbons (Fsp3) is 0.486. The van der Waals surface area contributed by atoms with E-state index in [9.17, 15) is 0 Å². The largest absolute Gasteiger partial charge is 0.670 e. The number of para-hydroxylation sites is 2. The van der Waals surface area contributed by atoms with Gasteiger partial charge in [-0.3, -0.25) is 0 Å². The monoisotopic (exact) mass is 1610 g/mol. The van der Waals surface area contributed by atoms with Crippen molar-refractivity contribution in [1.29, 1.82) is 0 Å². The number of fused-ring (bicyclic) bond motifs is 6. The summed E-state index contributed by atoms with van der Waals surface area (Å²) in [5.41, 5.74) is 21.7. The van der Waals surface area contributed by atoms with Gasteiger partial charge in [-0.1, -0.05) is 111 Å². The van der Waals surface area contributed by atoms with Gasteiger partial charge < -0.3 is 42.7 Å². The summed E-state index contributed by atoms with van der Waals surface area (Å²) < 4.78 is 0. The molecule has 2 aliphatic carbocycles. The number of rotatable bonds is 0. The van der Waals surface area contributed by atoms with Crippen molar-refractivity contribution in [2.24, 2.45) is 5.73 Å². The molecule has 2 heterocycles. The van der Waals surface area contributed by atoms with E-state index in [4.69, 9.17) is 11.5 Å². The van der Waals surface area contributed by atoms with Crippen LogP contribution in [0.5, 0.6) is 0 Å². The van der Waals surface area contributed by atoms with E-state index in [1.165, 1.54) is 51.5 Å². The molecule has 6 rings (SSSR count). The average molecular weight is 1610 g/mol. The van der Waals surface area contributed by atoms with Crippen molar-refractivity contribution >= 4 is 146 Å². The minimum absolute atomic E-state index is 0. The third-order valence-corrected chi connectivity index (χ3v) is 6.27. The topological polar surface area (TPSA) is 81.4 Å². The predicted octanol–water partition coefficient (Wildman–Crippen LogP) is 17.4. The first-order chi connectivity index (χ1) is 22.9. The van der Waals surface area contributed by atoms with Gasteiger partial charge in [0.1, 0.15) is 0 Å². The Balaban J connectivity index is -0.0000000783. The van der Waals surface area contributed by atoms with Crippen LogP contribution < -0.4 is 5.73 Å². The molecule has 295 valence electrons. The number of nitrogens with two attached hydrogens (primary N) is 1. The molecule has 0 amide bonds. The van der Waals surface area contributed by atoms with Gasteiger partial charge >= 0.3 is 114 Å².